The molecule has 2 aliphatic rings. The van der Waals surface area contributed by atoms with E-state index in [-0.39, 0.29) is 16.1 Å². The molecule has 6 nitrogen and oxygen atoms in total. The highest BCUT2D eigenvalue weighted by Crippen LogP contribution is 2.45. The van der Waals surface area contributed by atoms with Gasteiger partial charge in [-0.3, -0.25) is 0 Å². The highest BCUT2D eigenvalue weighted by molar-refractivity contribution is 9.09. The molecule has 1 unspecified atom stereocenters. The number of benzene rings is 2. The van der Waals surface area contributed by atoms with Gasteiger partial charge in [-0.1, -0.05) is 35.8 Å². The zero-order chi connectivity index (χ0) is 23.1. The molecule has 4 rings (SSSR count). The van der Waals surface area contributed by atoms with Crippen LogP contribution in [0, 0.1) is 5.41 Å². The van der Waals surface area contributed by atoms with Gasteiger partial charge < -0.3 is 18.9 Å². The third kappa shape index (κ3) is 4.46. The summed E-state index contributed by atoms with van der Waals surface area (Å²) in [7, 11) is -3.64. The van der Waals surface area contributed by atoms with Crippen LogP contribution in [0.25, 0.3) is 5.76 Å². The molecule has 32 heavy (non-hydrogen) atoms. The van der Waals surface area contributed by atoms with Crippen molar-refractivity contribution in [3.63, 3.8) is 0 Å². The van der Waals surface area contributed by atoms with Crippen LogP contribution in [-0.4, -0.2) is 32.6 Å². The van der Waals surface area contributed by atoms with Gasteiger partial charge in [0.15, 0.2) is 6.29 Å². The molecule has 0 bridgehead atoms. The standard InChI is InChI=1S/C24H27BrO6S/c1-23(2)15-29-22(31-24(23,3)4)16-5-10-19-20(14-32(26,27)21(19)13-16)30-18-8-6-17(7-9-18)28-12-11-25/h5-10,13-14,22H,11-12,15H2,1-4H3. The topological polar surface area (TPSA) is 71.1 Å². The smallest absolute Gasteiger partial charge is 0.204 e. The van der Waals surface area contributed by atoms with Crippen LogP contribution in [0.3, 0.4) is 0 Å². The summed E-state index contributed by atoms with van der Waals surface area (Å²) in [6, 6.07) is 12.3. The van der Waals surface area contributed by atoms with E-state index in [0.29, 0.717) is 35.8 Å². The molecule has 2 aliphatic heterocycles. The largest absolute Gasteiger partial charge is 0.493 e. The minimum Gasteiger partial charge on any atom is -0.493 e. The number of hydrogen-bond acceptors (Lipinski definition) is 6. The Morgan fingerprint density at radius 3 is 2.41 bits per heavy atom. The van der Waals surface area contributed by atoms with E-state index in [4.69, 9.17) is 18.9 Å². The fourth-order valence-electron chi connectivity index (χ4n) is 3.44. The number of rotatable bonds is 6. The van der Waals surface area contributed by atoms with Crippen LogP contribution < -0.4 is 9.47 Å². The molecule has 172 valence electrons. The normalized spacial score (nSPS) is 22.7. The molecular formula is C24H27BrO6S. The number of ether oxygens (including phenoxy) is 4. The van der Waals surface area contributed by atoms with Crippen molar-refractivity contribution in [2.24, 2.45) is 5.41 Å². The minimum absolute atomic E-state index is 0.163. The number of hydrogen-bond donors (Lipinski definition) is 0. The predicted molar refractivity (Wildman–Crippen MR) is 126 cm³/mol. The summed E-state index contributed by atoms with van der Waals surface area (Å²) in [4.78, 5) is 0.192. The van der Waals surface area contributed by atoms with Crippen molar-refractivity contribution in [2.75, 3.05) is 18.5 Å². The summed E-state index contributed by atoms with van der Waals surface area (Å²) in [6.45, 7) is 9.29. The Morgan fingerprint density at radius 1 is 1.06 bits per heavy atom. The molecule has 0 spiro atoms. The number of fused-ring (bicyclic) bond motifs is 1. The van der Waals surface area contributed by atoms with Crippen LogP contribution in [-0.2, 0) is 19.3 Å². The van der Waals surface area contributed by atoms with Crippen molar-refractivity contribution in [1.82, 2.24) is 0 Å². The fraction of sp³-hybridized carbons (Fsp3) is 0.417. The molecule has 0 radical (unpaired) electrons. The van der Waals surface area contributed by atoms with E-state index >= 15 is 0 Å². The van der Waals surface area contributed by atoms with Crippen LogP contribution in [0.15, 0.2) is 52.8 Å². The van der Waals surface area contributed by atoms with Gasteiger partial charge in [-0.25, -0.2) is 8.42 Å². The van der Waals surface area contributed by atoms with E-state index in [9.17, 15) is 8.42 Å². The maximum atomic E-state index is 12.8. The number of alkyl halides is 1. The van der Waals surface area contributed by atoms with Crippen LogP contribution in [0.2, 0.25) is 0 Å². The average molecular weight is 523 g/mol. The summed E-state index contributed by atoms with van der Waals surface area (Å²) in [5, 5.41) is 1.90. The third-order valence-corrected chi connectivity index (χ3v) is 7.94. The number of halogens is 1. The quantitative estimate of drug-likeness (QED) is 0.468. The third-order valence-electron chi connectivity index (χ3n) is 6.14. The predicted octanol–water partition coefficient (Wildman–Crippen LogP) is 5.48. The summed E-state index contributed by atoms with van der Waals surface area (Å²) >= 11 is 3.32. The Morgan fingerprint density at radius 2 is 1.75 bits per heavy atom. The SMILES string of the molecule is CC1(C)COC(c2ccc3c(c2)S(=O)(=O)C=C3Oc2ccc(OCCBr)cc2)OC1(C)C. The maximum absolute atomic E-state index is 12.8. The molecule has 1 atom stereocenters. The summed E-state index contributed by atoms with van der Waals surface area (Å²) in [6.07, 6.45) is -0.629. The molecule has 2 aromatic carbocycles. The Hall–Kier alpha value is -1.87. The highest BCUT2D eigenvalue weighted by Gasteiger charge is 2.45. The van der Waals surface area contributed by atoms with Gasteiger partial charge in [-0.2, -0.15) is 0 Å². The van der Waals surface area contributed by atoms with Crippen LogP contribution in [0.4, 0.5) is 0 Å². The Balaban J connectivity index is 1.56. The first kappa shape index (κ1) is 23.3. The lowest BCUT2D eigenvalue weighted by atomic mass is 9.77. The maximum Gasteiger partial charge on any atom is 0.204 e. The van der Waals surface area contributed by atoms with Crippen molar-refractivity contribution >= 4 is 31.5 Å². The lowest BCUT2D eigenvalue weighted by Crippen LogP contribution is -2.50. The van der Waals surface area contributed by atoms with Crippen molar-refractivity contribution < 1.29 is 27.4 Å². The summed E-state index contributed by atoms with van der Waals surface area (Å²) in [5.74, 6) is 1.53. The van der Waals surface area contributed by atoms with Crippen molar-refractivity contribution in [3.8, 4) is 11.5 Å². The molecule has 1 fully saturated rings. The monoisotopic (exact) mass is 522 g/mol. The molecular weight excluding hydrogens is 496 g/mol. The lowest BCUT2D eigenvalue weighted by Gasteiger charge is -2.48. The Kier molecular flexibility index (Phi) is 6.17. The first-order valence-corrected chi connectivity index (χ1v) is 13.1. The first-order valence-electron chi connectivity index (χ1n) is 10.4. The van der Waals surface area contributed by atoms with Crippen LogP contribution >= 0.6 is 15.9 Å². The Labute approximate surface area is 197 Å². The molecule has 2 aromatic rings. The van der Waals surface area contributed by atoms with Crippen molar-refractivity contribution in [1.29, 1.82) is 0 Å². The number of sulfone groups is 1. The summed E-state index contributed by atoms with van der Waals surface area (Å²) < 4.78 is 49.2. The van der Waals surface area contributed by atoms with Crippen molar-refractivity contribution in [2.45, 2.75) is 44.5 Å². The van der Waals surface area contributed by atoms with Gasteiger partial charge in [0.05, 0.1) is 29.1 Å². The average Bonchev–Trinajstić information content (AvgIpc) is 2.99. The molecule has 0 aliphatic carbocycles. The van der Waals surface area contributed by atoms with Gasteiger partial charge in [0, 0.05) is 21.9 Å². The molecule has 0 aromatic heterocycles. The molecule has 8 heteroatoms. The molecule has 1 saturated heterocycles. The summed E-state index contributed by atoms with van der Waals surface area (Å²) in [5.41, 5.74) is 0.594. The van der Waals surface area contributed by atoms with Gasteiger partial charge in [-0.05, 0) is 50.2 Å². The zero-order valence-electron chi connectivity index (χ0n) is 18.6. The zero-order valence-corrected chi connectivity index (χ0v) is 21.0. The molecule has 0 N–H and O–H groups in total. The van der Waals surface area contributed by atoms with E-state index in [1.807, 2.05) is 19.9 Å². The second-order valence-electron chi connectivity index (χ2n) is 9.05. The van der Waals surface area contributed by atoms with Crippen molar-refractivity contribution in [3.05, 3.63) is 59.0 Å². The van der Waals surface area contributed by atoms with E-state index in [2.05, 4.69) is 29.8 Å². The Bertz CT molecular complexity index is 1140. The van der Waals surface area contributed by atoms with E-state index in [1.165, 1.54) is 0 Å². The van der Waals surface area contributed by atoms with E-state index < -0.39 is 21.7 Å². The van der Waals surface area contributed by atoms with Gasteiger partial charge in [0.1, 0.15) is 17.3 Å². The molecule has 0 saturated carbocycles. The molecule has 2 heterocycles. The first-order chi connectivity index (χ1) is 15.0. The minimum atomic E-state index is -3.64. The van der Waals surface area contributed by atoms with E-state index in [0.717, 1.165) is 10.7 Å². The van der Waals surface area contributed by atoms with Crippen LogP contribution in [0.5, 0.6) is 11.5 Å². The second kappa shape index (κ2) is 8.48. The molecule has 0 amide bonds. The fourth-order valence-corrected chi connectivity index (χ4v) is 4.96. The van der Waals surface area contributed by atoms with E-state index in [1.54, 1.807) is 36.4 Å². The van der Waals surface area contributed by atoms with Gasteiger partial charge in [-0.15, -0.1) is 0 Å². The van der Waals surface area contributed by atoms with Gasteiger partial charge >= 0.3 is 0 Å². The highest BCUT2D eigenvalue weighted by atomic mass is 79.9. The second-order valence-corrected chi connectivity index (χ2v) is 11.6. The van der Waals surface area contributed by atoms with Crippen LogP contribution in [0.1, 0.15) is 45.1 Å². The van der Waals surface area contributed by atoms with Gasteiger partial charge in [0.25, 0.3) is 0 Å². The van der Waals surface area contributed by atoms with Gasteiger partial charge in [0.2, 0.25) is 9.84 Å². The lowest BCUT2D eigenvalue weighted by molar-refractivity contribution is -0.300.